The van der Waals surface area contributed by atoms with Crippen molar-refractivity contribution in [1.29, 1.82) is 0 Å². The number of benzene rings is 2. The van der Waals surface area contributed by atoms with Crippen LogP contribution in [0.15, 0.2) is 36.4 Å². The Morgan fingerprint density at radius 2 is 1.81 bits per heavy atom. The summed E-state index contributed by atoms with van der Waals surface area (Å²) in [6, 6.07) is 11.5. The average molecular weight is 320 g/mol. The lowest BCUT2D eigenvalue weighted by Crippen LogP contribution is -2.23. The van der Waals surface area contributed by atoms with Crippen molar-refractivity contribution < 1.29 is 4.79 Å². The van der Waals surface area contributed by atoms with Crippen LogP contribution in [0, 0.1) is 0 Å². The first-order chi connectivity index (χ1) is 10.1. The minimum atomic E-state index is 0.00704. The number of halogens is 2. The van der Waals surface area contributed by atoms with Crippen LogP contribution >= 0.6 is 23.2 Å². The Kier molecular flexibility index (Phi) is 3.92. The van der Waals surface area contributed by atoms with Crippen molar-refractivity contribution in [3.05, 3.63) is 68.7 Å². The van der Waals surface area contributed by atoms with E-state index < -0.39 is 0 Å². The van der Waals surface area contributed by atoms with Crippen LogP contribution < -0.4 is 0 Å². The summed E-state index contributed by atoms with van der Waals surface area (Å²) in [4.78, 5) is 14.3. The van der Waals surface area contributed by atoms with E-state index in [1.165, 1.54) is 5.56 Å². The third-order valence-corrected chi connectivity index (χ3v) is 4.34. The lowest BCUT2D eigenvalue weighted by molar-refractivity contribution is 0.0767. The lowest BCUT2D eigenvalue weighted by atomic mass is 10.0. The van der Waals surface area contributed by atoms with Crippen molar-refractivity contribution in [2.45, 2.75) is 26.4 Å². The lowest BCUT2D eigenvalue weighted by Gasteiger charge is -2.15. The third-order valence-electron chi connectivity index (χ3n) is 3.79. The fraction of sp³-hybridized carbons (Fsp3) is 0.235. The SMILES string of the molecule is CCc1cc(Cl)c2c(c1)CN(Cc1ccc(Cl)cc1)C2=O. The van der Waals surface area contributed by atoms with Crippen molar-refractivity contribution in [2.24, 2.45) is 0 Å². The van der Waals surface area contributed by atoms with Crippen LogP contribution in [0.2, 0.25) is 10.0 Å². The normalized spacial score (nSPS) is 13.7. The van der Waals surface area contributed by atoms with Crippen LogP contribution in [0.1, 0.15) is 34.0 Å². The van der Waals surface area contributed by atoms with E-state index >= 15 is 0 Å². The Morgan fingerprint density at radius 1 is 1.10 bits per heavy atom. The van der Waals surface area contributed by atoms with Crippen molar-refractivity contribution in [3.63, 3.8) is 0 Å². The van der Waals surface area contributed by atoms with E-state index in [-0.39, 0.29) is 5.91 Å². The van der Waals surface area contributed by atoms with Gasteiger partial charge in [0.1, 0.15) is 0 Å². The number of hydrogen-bond donors (Lipinski definition) is 0. The van der Waals surface area contributed by atoms with Crippen molar-refractivity contribution >= 4 is 29.1 Å². The van der Waals surface area contributed by atoms with Crippen molar-refractivity contribution in [1.82, 2.24) is 4.90 Å². The molecule has 0 saturated carbocycles. The van der Waals surface area contributed by atoms with Crippen molar-refractivity contribution in [2.75, 3.05) is 0 Å². The number of fused-ring (bicyclic) bond motifs is 1. The van der Waals surface area contributed by atoms with Crippen LogP contribution in [-0.2, 0) is 19.5 Å². The molecule has 1 amide bonds. The second kappa shape index (κ2) is 5.70. The molecular formula is C17H15Cl2NO. The molecule has 1 heterocycles. The monoisotopic (exact) mass is 319 g/mol. The number of rotatable bonds is 3. The van der Waals surface area contributed by atoms with Gasteiger partial charge in [-0.15, -0.1) is 0 Å². The molecule has 2 nitrogen and oxygen atoms in total. The maximum absolute atomic E-state index is 12.5. The molecule has 0 N–H and O–H groups in total. The fourth-order valence-electron chi connectivity index (χ4n) is 2.67. The molecule has 21 heavy (non-hydrogen) atoms. The van der Waals surface area contributed by atoms with E-state index in [1.54, 1.807) is 0 Å². The summed E-state index contributed by atoms with van der Waals surface area (Å²) >= 11 is 12.2. The van der Waals surface area contributed by atoms with Gasteiger partial charge in [0.2, 0.25) is 0 Å². The maximum atomic E-state index is 12.5. The van der Waals surface area contributed by atoms with Crippen LogP contribution in [0.3, 0.4) is 0 Å². The second-order valence-corrected chi connectivity index (χ2v) is 6.10. The fourth-order valence-corrected chi connectivity index (χ4v) is 3.14. The first kappa shape index (κ1) is 14.4. The quantitative estimate of drug-likeness (QED) is 0.802. The zero-order valence-corrected chi connectivity index (χ0v) is 13.2. The minimum Gasteiger partial charge on any atom is -0.330 e. The van der Waals surface area contributed by atoms with Crippen LogP contribution in [0.4, 0.5) is 0 Å². The molecule has 1 aliphatic heterocycles. The van der Waals surface area contributed by atoms with Gasteiger partial charge in [0.25, 0.3) is 5.91 Å². The van der Waals surface area contributed by atoms with E-state index in [2.05, 4.69) is 13.0 Å². The van der Waals surface area contributed by atoms with E-state index in [1.807, 2.05) is 35.2 Å². The van der Waals surface area contributed by atoms with Gasteiger partial charge < -0.3 is 4.90 Å². The zero-order valence-electron chi connectivity index (χ0n) is 11.7. The molecule has 4 heteroatoms. The number of carbonyl (C=O) groups excluding carboxylic acids is 1. The first-order valence-electron chi connectivity index (χ1n) is 6.93. The largest absolute Gasteiger partial charge is 0.330 e. The third kappa shape index (κ3) is 2.78. The summed E-state index contributed by atoms with van der Waals surface area (Å²) in [5, 5.41) is 1.26. The molecule has 0 aromatic heterocycles. The van der Waals surface area contributed by atoms with E-state index in [0.29, 0.717) is 28.7 Å². The number of carbonyl (C=O) groups is 1. The summed E-state index contributed by atoms with van der Waals surface area (Å²) in [7, 11) is 0. The van der Waals surface area contributed by atoms with Gasteiger partial charge in [-0.3, -0.25) is 4.79 Å². The Labute approximate surface area is 134 Å². The van der Waals surface area contributed by atoms with Gasteiger partial charge in [0.15, 0.2) is 0 Å². The predicted octanol–water partition coefficient (Wildman–Crippen LogP) is 4.71. The van der Waals surface area contributed by atoms with Gasteiger partial charge in [-0.2, -0.15) is 0 Å². The molecule has 2 aromatic rings. The predicted molar refractivity (Wildman–Crippen MR) is 85.9 cm³/mol. The van der Waals surface area contributed by atoms with E-state index in [9.17, 15) is 4.79 Å². The van der Waals surface area contributed by atoms with Crippen LogP contribution in [-0.4, -0.2) is 10.8 Å². The molecule has 0 spiro atoms. The molecule has 0 saturated heterocycles. The molecule has 0 aliphatic carbocycles. The maximum Gasteiger partial charge on any atom is 0.256 e. The van der Waals surface area contributed by atoms with E-state index in [0.717, 1.165) is 17.5 Å². The van der Waals surface area contributed by atoms with Gasteiger partial charge in [0.05, 0.1) is 10.6 Å². The number of nitrogens with zero attached hydrogens (tertiary/aromatic N) is 1. The van der Waals surface area contributed by atoms with Gasteiger partial charge in [-0.05, 0) is 41.3 Å². The molecule has 0 radical (unpaired) electrons. The second-order valence-electron chi connectivity index (χ2n) is 5.25. The molecule has 0 fully saturated rings. The molecule has 0 unspecified atom stereocenters. The molecule has 2 aromatic carbocycles. The topological polar surface area (TPSA) is 20.3 Å². The summed E-state index contributed by atoms with van der Waals surface area (Å²) < 4.78 is 0. The van der Waals surface area contributed by atoms with Crippen LogP contribution in [0.5, 0.6) is 0 Å². The zero-order chi connectivity index (χ0) is 15.0. The number of amides is 1. The van der Waals surface area contributed by atoms with Gasteiger partial charge in [0, 0.05) is 18.1 Å². The van der Waals surface area contributed by atoms with Gasteiger partial charge >= 0.3 is 0 Å². The van der Waals surface area contributed by atoms with Gasteiger partial charge in [-0.25, -0.2) is 0 Å². The number of hydrogen-bond acceptors (Lipinski definition) is 1. The smallest absolute Gasteiger partial charge is 0.256 e. The summed E-state index contributed by atoms with van der Waals surface area (Å²) in [6.07, 6.45) is 0.915. The Balaban J connectivity index is 1.86. The molecule has 1 aliphatic rings. The standard InChI is InChI=1S/C17H15Cl2NO/c1-2-11-7-13-10-20(17(21)16(13)15(19)8-11)9-12-3-5-14(18)6-4-12/h3-8H,2,9-10H2,1H3. The minimum absolute atomic E-state index is 0.00704. The van der Waals surface area contributed by atoms with E-state index in [4.69, 9.17) is 23.2 Å². The Hall–Kier alpha value is -1.51. The molecule has 108 valence electrons. The Bertz CT molecular complexity index is 695. The van der Waals surface area contributed by atoms with Gasteiger partial charge in [-0.1, -0.05) is 48.3 Å². The number of aryl methyl sites for hydroxylation is 1. The Morgan fingerprint density at radius 3 is 2.48 bits per heavy atom. The highest BCUT2D eigenvalue weighted by Gasteiger charge is 2.29. The highest BCUT2D eigenvalue weighted by atomic mass is 35.5. The van der Waals surface area contributed by atoms with Crippen LogP contribution in [0.25, 0.3) is 0 Å². The summed E-state index contributed by atoms with van der Waals surface area (Å²) in [5.41, 5.74) is 3.91. The highest BCUT2D eigenvalue weighted by Crippen LogP contribution is 2.31. The summed E-state index contributed by atoms with van der Waals surface area (Å²) in [6.45, 7) is 3.27. The summed E-state index contributed by atoms with van der Waals surface area (Å²) in [5.74, 6) is 0.00704. The highest BCUT2D eigenvalue weighted by molar-refractivity contribution is 6.34. The molecular weight excluding hydrogens is 305 g/mol. The molecule has 0 bridgehead atoms. The molecule has 3 rings (SSSR count). The molecule has 0 atom stereocenters. The average Bonchev–Trinajstić information content (AvgIpc) is 2.78. The van der Waals surface area contributed by atoms with Crippen molar-refractivity contribution in [3.8, 4) is 0 Å². The first-order valence-corrected chi connectivity index (χ1v) is 7.69.